The molecule has 0 atom stereocenters. The Bertz CT molecular complexity index is 318. The molecule has 0 unspecified atom stereocenters. The molecule has 0 heterocycles. The number of ether oxygens (including phenoxy) is 1. The quantitative estimate of drug-likeness (QED) is 0.689. The van der Waals surface area contributed by atoms with Crippen molar-refractivity contribution >= 4 is 5.97 Å². The van der Waals surface area contributed by atoms with Crippen molar-refractivity contribution in [3.8, 4) is 0 Å². The van der Waals surface area contributed by atoms with Gasteiger partial charge in [-0.25, -0.2) is 0 Å². The zero-order valence-electron chi connectivity index (χ0n) is 9.03. The molecule has 0 bridgehead atoms. The van der Waals surface area contributed by atoms with Gasteiger partial charge in [0, 0.05) is 6.42 Å². The lowest BCUT2D eigenvalue weighted by molar-refractivity contribution is -0.142. The lowest BCUT2D eigenvalue weighted by atomic mass is 10.0. The molecule has 0 aliphatic carbocycles. The first-order chi connectivity index (χ1) is 7.24. The van der Waals surface area contributed by atoms with Crippen LogP contribution in [0.4, 0.5) is 0 Å². The van der Waals surface area contributed by atoms with Crippen LogP contribution in [-0.2, 0) is 16.0 Å². The molecule has 1 aromatic rings. The van der Waals surface area contributed by atoms with Gasteiger partial charge in [-0.15, -0.1) is 0 Å². The lowest BCUT2D eigenvalue weighted by Gasteiger charge is -2.04. The molecule has 0 saturated carbocycles. The third-order valence-corrected chi connectivity index (χ3v) is 2.10. The van der Waals surface area contributed by atoms with Crippen molar-refractivity contribution in [1.82, 2.24) is 0 Å². The SMILES string of the molecule is [CH2]c1ccccc1C[CH]CC(=O)OCC. The molecule has 2 heteroatoms. The topological polar surface area (TPSA) is 26.3 Å². The Balaban J connectivity index is 2.32. The van der Waals surface area contributed by atoms with Crippen LogP contribution in [-0.4, -0.2) is 12.6 Å². The fraction of sp³-hybridized carbons (Fsp3) is 0.308. The average molecular weight is 204 g/mol. The molecule has 1 aromatic carbocycles. The maximum absolute atomic E-state index is 11.0. The Hall–Kier alpha value is -1.31. The smallest absolute Gasteiger partial charge is 0.306 e. The van der Waals surface area contributed by atoms with Crippen LogP contribution >= 0.6 is 0 Å². The summed E-state index contributed by atoms with van der Waals surface area (Å²) in [6, 6.07) is 7.91. The minimum atomic E-state index is -0.168. The monoisotopic (exact) mass is 204 g/mol. The molecule has 0 aliphatic rings. The van der Waals surface area contributed by atoms with E-state index in [0.717, 1.165) is 17.5 Å². The highest BCUT2D eigenvalue weighted by atomic mass is 16.5. The number of hydrogen-bond donors (Lipinski definition) is 0. The number of carbonyl (C=O) groups excluding carboxylic acids is 1. The van der Waals surface area contributed by atoms with Crippen molar-refractivity contribution in [3.63, 3.8) is 0 Å². The number of benzene rings is 1. The molecule has 15 heavy (non-hydrogen) atoms. The minimum absolute atomic E-state index is 0.168. The van der Waals surface area contributed by atoms with Gasteiger partial charge in [0.15, 0.2) is 0 Å². The van der Waals surface area contributed by atoms with E-state index in [2.05, 4.69) is 6.92 Å². The molecule has 2 radical (unpaired) electrons. The molecule has 1 rings (SSSR count). The summed E-state index contributed by atoms with van der Waals surface area (Å²) in [5, 5.41) is 0. The highest BCUT2D eigenvalue weighted by Crippen LogP contribution is 2.10. The van der Waals surface area contributed by atoms with Gasteiger partial charge in [-0.2, -0.15) is 0 Å². The van der Waals surface area contributed by atoms with E-state index in [1.54, 1.807) is 0 Å². The Kier molecular flexibility index (Phi) is 4.88. The highest BCUT2D eigenvalue weighted by Gasteiger charge is 2.03. The lowest BCUT2D eigenvalue weighted by Crippen LogP contribution is -2.04. The fourth-order valence-corrected chi connectivity index (χ4v) is 1.32. The zero-order valence-corrected chi connectivity index (χ0v) is 9.03. The van der Waals surface area contributed by atoms with Crippen LogP contribution in [0, 0.1) is 13.3 Å². The van der Waals surface area contributed by atoms with Crippen molar-refractivity contribution < 1.29 is 9.53 Å². The molecule has 0 fully saturated rings. The second-order valence-corrected chi connectivity index (χ2v) is 3.27. The van der Waals surface area contributed by atoms with Crippen LogP contribution < -0.4 is 0 Å². The molecule has 0 aromatic heterocycles. The number of carbonyl (C=O) groups is 1. The number of rotatable bonds is 5. The summed E-state index contributed by atoms with van der Waals surface area (Å²) in [6.07, 6.45) is 3.04. The van der Waals surface area contributed by atoms with Gasteiger partial charge in [0.1, 0.15) is 0 Å². The van der Waals surface area contributed by atoms with Gasteiger partial charge in [0.2, 0.25) is 0 Å². The molecule has 80 valence electrons. The van der Waals surface area contributed by atoms with E-state index in [1.165, 1.54) is 0 Å². The largest absolute Gasteiger partial charge is 0.466 e. The summed E-state index contributed by atoms with van der Waals surface area (Å²) >= 11 is 0. The van der Waals surface area contributed by atoms with E-state index >= 15 is 0 Å². The zero-order chi connectivity index (χ0) is 11.1. The molecule has 0 spiro atoms. The summed E-state index contributed by atoms with van der Waals surface area (Å²) in [5.41, 5.74) is 2.17. The summed E-state index contributed by atoms with van der Waals surface area (Å²) in [7, 11) is 0. The molecule has 0 aliphatic heterocycles. The molecule has 0 amide bonds. The Morgan fingerprint density at radius 3 is 2.87 bits per heavy atom. The van der Waals surface area contributed by atoms with Gasteiger partial charge in [0.25, 0.3) is 0 Å². The average Bonchev–Trinajstić information content (AvgIpc) is 2.21. The van der Waals surface area contributed by atoms with Gasteiger partial charge in [-0.05, 0) is 37.8 Å². The predicted octanol–water partition coefficient (Wildman–Crippen LogP) is 2.57. The van der Waals surface area contributed by atoms with Gasteiger partial charge in [0.05, 0.1) is 6.61 Å². The molecular weight excluding hydrogens is 188 g/mol. The fourth-order valence-electron chi connectivity index (χ4n) is 1.32. The van der Waals surface area contributed by atoms with E-state index in [0.29, 0.717) is 13.0 Å². The third-order valence-electron chi connectivity index (χ3n) is 2.10. The standard InChI is InChI=1S/C13H16O2/c1-3-15-13(14)10-6-9-12-8-5-4-7-11(12)2/h4-8H,2-3,9-10H2,1H3. The molecule has 0 saturated heterocycles. The minimum Gasteiger partial charge on any atom is -0.466 e. The van der Waals surface area contributed by atoms with Crippen molar-refractivity contribution in [1.29, 1.82) is 0 Å². The summed E-state index contributed by atoms with van der Waals surface area (Å²) in [4.78, 5) is 11.0. The molecule has 0 N–H and O–H groups in total. The van der Waals surface area contributed by atoms with E-state index < -0.39 is 0 Å². The molecular formula is C13H16O2. The van der Waals surface area contributed by atoms with Crippen molar-refractivity contribution in [2.24, 2.45) is 0 Å². The van der Waals surface area contributed by atoms with Crippen LogP contribution in [0.1, 0.15) is 24.5 Å². The maximum atomic E-state index is 11.0. The maximum Gasteiger partial charge on any atom is 0.306 e. The van der Waals surface area contributed by atoms with Gasteiger partial charge in [-0.3, -0.25) is 4.79 Å². The van der Waals surface area contributed by atoms with Crippen molar-refractivity contribution in [2.45, 2.75) is 19.8 Å². The number of hydrogen-bond acceptors (Lipinski definition) is 2. The summed E-state index contributed by atoms with van der Waals surface area (Å²) < 4.78 is 4.82. The van der Waals surface area contributed by atoms with E-state index in [9.17, 15) is 4.79 Å². The van der Waals surface area contributed by atoms with Crippen LogP contribution in [0.2, 0.25) is 0 Å². The summed E-state index contributed by atoms with van der Waals surface area (Å²) in [5.74, 6) is -0.168. The third kappa shape index (κ3) is 4.15. The van der Waals surface area contributed by atoms with E-state index in [-0.39, 0.29) is 5.97 Å². The predicted molar refractivity (Wildman–Crippen MR) is 60.2 cm³/mol. The van der Waals surface area contributed by atoms with E-state index in [1.807, 2.05) is 37.6 Å². The Morgan fingerprint density at radius 2 is 2.20 bits per heavy atom. The molecule has 2 nitrogen and oxygen atoms in total. The highest BCUT2D eigenvalue weighted by molar-refractivity contribution is 5.70. The first kappa shape index (κ1) is 11.8. The normalized spacial score (nSPS) is 10.0. The van der Waals surface area contributed by atoms with E-state index in [4.69, 9.17) is 4.74 Å². The van der Waals surface area contributed by atoms with Crippen LogP contribution in [0.25, 0.3) is 0 Å². The van der Waals surface area contributed by atoms with Crippen LogP contribution in [0.5, 0.6) is 0 Å². The first-order valence-electron chi connectivity index (χ1n) is 5.11. The van der Waals surface area contributed by atoms with Gasteiger partial charge >= 0.3 is 5.97 Å². The van der Waals surface area contributed by atoms with Crippen LogP contribution in [0.3, 0.4) is 0 Å². The number of esters is 1. The van der Waals surface area contributed by atoms with Crippen LogP contribution in [0.15, 0.2) is 24.3 Å². The first-order valence-corrected chi connectivity index (χ1v) is 5.11. The van der Waals surface area contributed by atoms with Crippen molar-refractivity contribution in [2.75, 3.05) is 6.61 Å². The second-order valence-electron chi connectivity index (χ2n) is 3.27. The van der Waals surface area contributed by atoms with Gasteiger partial charge < -0.3 is 4.74 Å². The van der Waals surface area contributed by atoms with Crippen molar-refractivity contribution in [3.05, 3.63) is 48.7 Å². The Morgan fingerprint density at radius 1 is 1.47 bits per heavy atom. The Labute approximate surface area is 91.3 Å². The summed E-state index contributed by atoms with van der Waals surface area (Å²) in [6.45, 7) is 6.17. The van der Waals surface area contributed by atoms with Gasteiger partial charge in [-0.1, -0.05) is 24.3 Å². The second kappa shape index (κ2) is 6.23.